The highest BCUT2D eigenvalue weighted by Gasteiger charge is 2.14. The van der Waals surface area contributed by atoms with Gasteiger partial charge in [-0.1, -0.05) is 6.07 Å². The number of hydrogen-bond donors (Lipinski definition) is 2. The van der Waals surface area contributed by atoms with Gasteiger partial charge in [0.2, 0.25) is 0 Å². The molecular weight excluding hydrogens is 346 g/mol. The Kier molecular flexibility index (Phi) is 10.4. The van der Waals surface area contributed by atoms with Crippen molar-refractivity contribution in [1.82, 2.24) is 10.6 Å². The van der Waals surface area contributed by atoms with Gasteiger partial charge in [-0.25, -0.2) is 0 Å². The van der Waals surface area contributed by atoms with E-state index in [0.717, 1.165) is 69.4 Å². The first-order valence-electron chi connectivity index (χ1n) is 9.72. The van der Waals surface area contributed by atoms with Crippen molar-refractivity contribution in [1.29, 1.82) is 0 Å². The lowest BCUT2D eigenvalue weighted by atomic mass is 10.2. The third-order valence-electron chi connectivity index (χ3n) is 4.23. The quantitative estimate of drug-likeness (QED) is 0.330. The maximum Gasteiger partial charge on any atom is 0.190 e. The summed E-state index contributed by atoms with van der Waals surface area (Å²) in [4.78, 5) is 4.22. The lowest BCUT2D eigenvalue weighted by Gasteiger charge is -2.13. The van der Waals surface area contributed by atoms with E-state index in [9.17, 15) is 0 Å². The highest BCUT2D eigenvalue weighted by atomic mass is 16.5. The van der Waals surface area contributed by atoms with Gasteiger partial charge < -0.3 is 29.6 Å². The van der Waals surface area contributed by atoms with Crippen molar-refractivity contribution in [2.75, 3.05) is 53.7 Å². The minimum Gasteiger partial charge on any atom is -0.497 e. The maximum atomic E-state index is 5.72. The van der Waals surface area contributed by atoms with Crippen molar-refractivity contribution >= 4 is 5.96 Å². The molecule has 27 heavy (non-hydrogen) atoms. The minimum atomic E-state index is 0.298. The Morgan fingerprint density at radius 1 is 1.19 bits per heavy atom. The predicted octanol–water partition coefficient (Wildman–Crippen LogP) is 2.21. The molecule has 1 aliphatic rings. The number of aliphatic imine (C=N–C) groups is 1. The number of nitrogens with one attached hydrogen (secondary N) is 2. The Morgan fingerprint density at radius 2 is 1.96 bits per heavy atom. The van der Waals surface area contributed by atoms with Gasteiger partial charge in [-0.2, -0.15) is 0 Å². The van der Waals surface area contributed by atoms with Crippen LogP contribution in [0.2, 0.25) is 0 Å². The first-order valence-corrected chi connectivity index (χ1v) is 9.72. The molecule has 0 aromatic heterocycles. The van der Waals surface area contributed by atoms with Crippen molar-refractivity contribution in [2.45, 2.75) is 31.8 Å². The maximum absolute atomic E-state index is 5.72. The van der Waals surface area contributed by atoms with Gasteiger partial charge in [0.05, 0.1) is 26.4 Å². The second-order valence-electron chi connectivity index (χ2n) is 6.37. The number of hydrogen-bond acceptors (Lipinski definition) is 5. The number of rotatable bonds is 12. The van der Waals surface area contributed by atoms with Crippen LogP contribution in [0.3, 0.4) is 0 Å². The Balaban J connectivity index is 1.46. The predicted molar refractivity (Wildman–Crippen MR) is 107 cm³/mol. The smallest absolute Gasteiger partial charge is 0.190 e. The van der Waals surface area contributed by atoms with E-state index in [1.54, 1.807) is 14.2 Å². The Hall–Kier alpha value is -1.99. The molecule has 1 aliphatic heterocycles. The fraction of sp³-hybridized carbons (Fsp3) is 0.650. The molecule has 2 N–H and O–H groups in total. The summed E-state index contributed by atoms with van der Waals surface area (Å²) in [6, 6.07) is 7.63. The van der Waals surface area contributed by atoms with Gasteiger partial charge in [0.25, 0.3) is 0 Å². The second-order valence-corrected chi connectivity index (χ2v) is 6.37. The van der Waals surface area contributed by atoms with E-state index in [1.165, 1.54) is 0 Å². The van der Waals surface area contributed by atoms with E-state index in [0.29, 0.717) is 19.3 Å². The Bertz CT molecular complexity index is 548. The molecule has 7 nitrogen and oxygen atoms in total. The van der Waals surface area contributed by atoms with Gasteiger partial charge in [0, 0.05) is 39.4 Å². The molecule has 1 aromatic rings. The van der Waals surface area contributed by atoms with E-state index in [1.807, 2.05) is 24.3 Å². The lowest BCUT2D eigenvalue weighted by Crippen LogP contribution is -2.38. The van der Waals surface area contributed by atoms with Gasteiger partial charge in [0.1, 0.15) is 11.5 Å². The zero-order valence-corrected chi connectivity index (χ0v) is 16.5. The highest BCUT2D eigenvalue weighted by Crippen LogP contribution is 2.18. The molecule has 0 spiro atoms. The van der Waals surface area contributed by atoms with E-state index >= 15 is 0 Å². The molecule has 1 heterocycles. The van der Waals surface area contributed by atoms with Gasteiger partial charge in [-0.3, -0.25) is 4.99 Å². The summed E-state index contributed by atoms with van der Waals surface area (Å²) in [5, 5.41) is 6.58. The molecule has 1 aromatic carbocycles. The van der Waals surface area contributed by atoms with Gasteiger partial charge in [-0.15, -0.1) is 0 Å². The van der Waals surface area contributed by atoms with E-state index in [4.69, 9.17) is 18.9 Å². The van der Waals surface area contributed by atoms with Crippen LogP contribution in [0.5, 0.6) is 11.5 Å². The van der Waals surface area contributed by atoms with Crippen LogP contribution in [0.1, 0.15) is 25.7 Å². The lowest BCUT2D eigenvalue weighted by molar-refractivity contribution is 0.0168. The fourth-order valence-corrected chi connectivity index (χ4v) is 2.75. The summed E-state index contributed by atoms with van der Waals surface area (Å²) >= 11 is 0. The van der Waals surface area contributed by atoms with Crippen LogP contribution in [0, 0.1) is 0 Å². The topological polar surface area (TPSA) is 73.3 Å². The van der Waals surface area contributed by atoms with Crippen LogP contribution in [0.25, 0.3) is 0 Å². The second kappa shape index (κ2) is 13.2. The number of benzene rings is 1. The van der Waals surface area contributed by atoms with Crippen molar-refractivity contribution < 1.29 is 18.9 Å². The van der Waals surface area contributed by atoms with Crippen LogP contribution in [-0.2, 0) is 9.47 Å². The summed E-state index contributed by atoms with van der Waals surface area (Å²) in [5.41, 5.74) is 0. The van der Waals surface area contributed by atoms with Crippen molar-refractivity contribution in [3.8, 4) is 11.5 Å². The summed E-state index contributed by atoms with van der Waals surface area (Å²) in [7, 11) is 3.42. The van der Waals surface area contributed by atoms with Crippen LogP contribution >= 0.6 is 0 Å². The molecule has 1 unspecified atom stereocenters. The molecule has 7 heteroatoms. The fourth-order valence-electron chi connectivity index (χ4n) is 2.75. The molecule has 0 radical (unpaired) electrons. The molecule has 152 valence electrons. The number of nitrogens with zero attached hydrogens (tertiary/aromatic N) is 1. The third-order valence-corrected chi connectivity index (χ3v) is 4.23. The van der Waals surface area contributed by atoms with Crippen LogP contribution in [0.15, 0.2) is 29.3 Å². The van der Waals surface area contributed by atoms with Gasteiger partial charge in [0.15, 0.2) is 5.96 Å². The van der Waals surface area contributed by atoms with Crippen LogP contribution in [-0.4, -0.2) is 65.7 Å². The van der Waals surface area contributed by atoms with E-state index < -0.39 is 0 Å². The molecule has 0 bridgehead atoms. The molecule has 1 fully saturated rings. The van der Waals surface area contributed by atoms with Crippen molar-refractivity contribution in [3.63, 3.8) is 0 Å². The Labute approximate surface area is 162 Å². The first-order chi connectivity index (χ1) is 13.3. The highest BCUT2D eigenvalue weighted by molar-refractivity contribution is 5.79. The van der Waals surface area contributed by atoms with Crippen LogP contribution in [0.4, 0.5) is 0 Å². The molecule has 0 aliphatic carbocycles. The summed E-state index contributed by atoms with van der Waals surface area (Å²) in [6.07, 6.45) is 4.39. The molecular formula is C20H33N3O4. The molecule has 0 saturated carbocycles. The average molecular weight is 380 g/mol. The van der Waals surface area contributed by atoms with Crippen molar-refractivity contribution in [3.05, 3.63) is 24.3 Å². The van der Waals surface area contributed by atoms with E-state index in [2.05, 4.69) is 15.6 Å². The normalized spacial score (nSPS) is 17.0. The zero-order valence-electron chi connectivity index (χ0n) is 16.5. The Morgan fingerprint density at radius 3 is 2.67 bits per heavy atom. The molecule has 1 saturated heterocycles. The molecule has 1 atom stereocenters. The molecule has 2 rings (SSSR count). The van der Waals surface area contributed by atoms with Crippen molar-refractivity contribution in [2.24, 2.45) is 4.99 Å². The number of ether oxygens (including phenoxy) is 4. The minimum absolute atomic E-state index is 0.298. The monoisotopic (exact) mass is 379 g/mol. The third kappa shape index (κ3) is 8.97. The van der Waals surface area contributed by atoms with Gasteiger partial charge >= 0.3 is 0 Å². The summed E-state index contributed by atoms with van der Waals surface area (Å²) in [6.45, 7) is 4.57. The summed E-state index contributed by atoms with van der Waals surface area (Å²) < 4.78 is 22.1. The SMILES string of the molecule is CN=C(NCCCOCC1CCCO1)NCCCOc1cccc(OC)c1. The standard InChI is InChI=1S/C20H33N3O4/c1-21-20(22-10-5-12-25-16-19-9-4-13-27-19)23-11-6-14-26-18-8-3-7-17(15-18)24-2/h3,7-8,15,19H,4-6,9-14,16H2,1-2H3,(H2,21,22,23). The summed E-state index contributed by atoms with van der Waals surface area (Å²) in [5.74, 6) is 2.42. The first kappa shape index (κ1) is 21.3. The zero-order chi connectivity index (χ0) is 19.2. The number of methoxy groups -OCH3 is 1. The van der Waals surface area contributed by atoms with E-state index in [-0.39, 0.29) is 0 Å². The largest absolute Gasteiger partial charge is 0.497 e. The average Bonchev–Trinajstić information content (AvgIpc) is 3.22. The number of guanidine groups is 1. The van der Waals surface area contributed by atoms with Crippen LogP contribution < -0.4 is 20.1 Å². The molecule has 0 amide bonds. The van der Waals surface area contributed by atoms with Gasteiger partial charge in [-0.05, 0) is 37.8 Å².